The van der Waals surface area contributed by atoms with Crippen molar-refractivity contribution >= 4 is 11.6 Å². The number of carbonyl (C=O) groups excluding carboxylic acids is 1. The second-order valence-corrected chi connectivity index (χ2v) is 5.10. The predicted octanol–water partition coefficient (Wildman–Crippen LogP) is 1.40. The van der Waals surface area contributed by atoms with Crippen LogP contribution in [0.15, 0.2) is 30.6 Å². The van der Waals surface area contributed by atoms with Gasteiger partial charge in [-0.25, -0.2) is 0 Å². The molecule has 0 aliphatic carbocycles. The van der Waals surface area contributed by atoms with E-state index in [0.29, 0.717) is 0 Å². The van der Waals surface area contributed by atoms with Gasteiger partial charge in [0.1, 0.15) is 6.33 Å². The summed E-state index contributed by atoms with van der Waals surface area (Å²) in [5.41, 5.74) is 7.46. The minimum atomic E-state index is -0.506. The van der Waals surface area contributed by atoms with E-state index >= 15 is 0 Å². The van der Waals surface area contributed by atoms with E-state index in [1.807, 2.05) is 49.7 Å². The molecule has 1 heterocycles. The quantitative estimate of drug-likeness (QED) is 0.881. The number of benzene rings is 1. The fourth-order valence-electron chi connectivity index (χ4n) is 1.78. The molecule has 6 nitrogen and oxygen atoms in total. The highest BCUT2D eigenvalue weighted by Gasteiger charge is 2.17. The maximum absolute atomic E-state index is 11.9. The summed E-state index contributed by atoms with van der Waals surface area (Å²) in [5.74, 6) is 0.709. The minimum Gasteiger partial charge on any atom is -0.325 e. The molecule has 0 aliphatic heterocycles. The zero-order valence-electron chi connectivity index (χ0n) is 11.9. The summed E-state index contributed by atoms with van der Waals surface area (Å²) < 4.78 is 1.84. The fraction of sp³-hybridized carbons (Fsp3) is 0.357. The van der Waals surface area contributed by atoms with Crippen LogP contribution in [-0.2, 0) is 11.8 Å². The first-order valence-corrected chi connectivity index (χ1v) is 6.50. The van der Waals surface area contributed by atoms with Gasteiger partial charge in [-0.3, -0.25) is 4.79 Å². The Hall–Kier alpha value is -2.21. The van der Waals surface area contributed by atoms with E-state index in [1.54, 1.807) is 6.33 Å². The molecule has 106 valence electrons. The average Bonchev–Trinajstić information content (AvgIpc) is 2.85. The Bertz CT molecular complexity index is 588. The van der Waals surface area contributed by atoms with Crippen molar-refractivity contribution < 1.29 is 4.79 Å². The molecule has 0 saturated heterocycles. The van der Waals surface area contributed by atoms with Gasteiger partial charge >= 0.3 is 0 Å². The van der Waals surface area contributed by atoms with Crippen LogP contribution >= 0.6 is 0 Å². The van der Waals surface area contributed by atoms with Crippen molar-refractivity contribution in [3.8, 4) is 11.4 Å². The molecule has 1 atom stereocenters. The van der Waals surface area contributed by atoms with Crippen LogP contribution in [-0.4, -0.2) is 26.7 Å². The van der Waals surface area contributed by atoms with E-state index in [-0.39, 0.29) is 11.8 Å². The van der Waals surface area contributed by atoms with Gasteiger partial charge in [0.2, 0.25) is 5.91 Å². The average molecular weight is 273 g/mol. The van der Waals surface area contributed by atoms with Crippen molar-refractivity contribution in [1.29, 1.82) is 0 Å². The van der Waals surface area contributed by atoms with Gasteiger partial charge in [-0.1, -0.05) is 13.8 Å². The summed E-state index contributed by atoms with van der Waals surface area (Å²) in [5, 5.41) is 10.7. The highest BCUT2D eigenvalue weighted by molar-refractivity contribution is 5.95. The number of rotatable bonds is 4. The van der Waals surface area contributed by atoms with Gasteiger partial charge in [-0.2, -0.15) is 0 Å². The summed E-state index contributed by atoms with van der Waals surface area (Å²) in [6, 6.07) is 6.93. The normalized spacial score (nSPS) is 12.4. The van der Waals surface area contributed by atoms with Crippen molar-refractivity contribution in [3.63, 3.8) is 0 Å². The smallest absolute Gasteiger partial charge is 0.241 e. The highest BCUT2D eigenvalue weighted by Crippen LogP contribution is 2.18. The van der Waals surface area contributed by atoms with Crippen LogP contribution in [0.1, 0.15) is 13.8 Å². The largest absolute Gasteiger partial charge is 0.325 e. The predicted molar refractivity (Wildman–Crippen MR) is 77.9 cm³/mol. The van der Waals surface area contributed by atoms with E-state index in [4.69, 9.17) is 5.73 Å². The third-order valence-electron chi connectivity index (χ3n) is 3.14. The first-order valence-electron chi connectivity index (χ1n) is 6.50. The maximum Gasteiger partial charge on any atom is 0.241 e. The lowest BCUT2D eigenvalue weighted by molar-refractivity contribution is -0.118. The SMILES string of the molecule is CC(C)C(N)C(=O)Nc1ccc(-c2nncn2C)cc1. The first-order chi connectivity index (χ1) is 9.49. The molecular weight excluding hydrogens is 254 g/mol. The summed E-state index contributed by atoms with van der Waals surface area (Å²) in [4.78, 5) is 11.9. The molecule has 0 saturated carbocycles. The van der Waals surface area contributed by atoms with Gasteiger partial charge in [0, 0.05) is 18.3 Å². The highest BCUT2D eigenvalue weighted by atomic mass is 16.2. The lowest BCUT2D eigenvalue weighted by Crippen LogP contribution is -2.39. The molecule has 1 unspecified atom stereocenters. The Labute approximate surface area is 118 Å². The molecule has 1 aromatic carbocycles. The van der Waals surface area contributed by atoms with E-state index in [2.05, 4.69) is 15.5 Å². The molecule has 3 N–H and O–H groups in total. The van der Waals surface area contributed by atoms with Gasteiger partial charge in [-0.15, -0.1) is 10.2 Å². The minimum absolute atomic E-state index is 0.105. The number of nitrogens with one attached hydrogen (secondary N) is 1. The van der Waals surface area contributed by atoms with Gasteiger partial charge < -0.3 is 15.6 Å². The summed E-state index contributed by atoms with van der Waals surface area (Å²) >= 11 is 0. The van der Waals surface area contributed by atoms with E-state index in [0.717, 1.165) is 17.1 Å². The lowest BCUT2D eigenvalue weighted by atomic mass is 10.0. The standard InChI is InChI=1S/C14H19N5O/c1-9(2)12(15)14(20)17-11-6-4-10(5-7-11)13-18-16-8-19(13)3/h4-9,12H,15H2,1-3H3,(H,17,20). The third kappa shape index (κ3) is 3.03. The second kappa shape index (κ2) is 5.83. The van der Waals surface area contributed by atoms with E-state index in [9.17, 15) is 4.79 Å². The molecule has 0 fully saturated rings. The molecule has 0 bridgehead atoms. The molecule has 2 rings (SSSR count). The Kier molecular flexibility index (Phi) is 4.14. The topological polar surface area (TPSA) is 85.8 Å². The molecule has 1 amide bonds. The van der Waals surface area contributed by atoms with Gasteiger partial charge in [0.15, 0.2) is 5.82 Å². The van der Waals surface area contributed by atoms with Crippen molar-refractivity contribution in [2.24, 2.45) is 18.7 Å². The number of aryl methyl sites for hydroxylation is 1. The van der Waals surface area contributed by atoms with Crippen LogP contribution in [0.5, 0.6) is 0 Å². The van der Waals surface area contributed by atoms with Crippen LogP contribution in [0.2, 0.25) is 0 Å². The second-order valence-electron chi connectivity index (χ2n) is 5.10. The monoisotopic (exact) mass is 273 g/mol. The van der Waals surface area contributed by atoms with Gasteiger partial charge in [-0.05, 0) is 30.2 Å². The van der Waals surface area contributed by atoms with Crippen molar-refractivity contribution in [2.45, 2.75) is 19.9 Å². The molecule has 2 aromatic rings. The molecule has 1 aromatic heterocycles. The van der Waals surface area contributed by atoms with Crippen molar-refractivity contribution in [3.05, 3.63) is 30.6 Å². The van der Waals surface area contributed by atoms with E-state index in [1.165, 1.54) is 0 Å². The van der Waals surface area contributed by atoms with Crippen molar-refractivity contribution in [2.75, 3.05) is 5.32 Å². The molecule has 0 aliphatic rings. The van der Waals surface area contributed by atoms with Crippen LogP contribution < -0.4 is 11.1 Å². The number of aromatic nitrogens is 3. The maximum atomic E-state index is 11.9. The summed E-state index contributed by atoms with van der Waals surface area (Å²) in [7, 11) is 1.88. The van der Waals surface area contributed by atoms with Gasteiger partial charge in [0.05, 0.1) is 6.04 Å². The zero-order valence-corrected chi connectivity index (χ0v) is 11.9. The van der Waals surface area contributed by atoms with Crippen molar-refractivity contribution in [1.82, 2.24) is 14.8 Å². The molecule has 6 heteroatoms. The Morgan fingerprint density at radius 1 is 1.30 bits per heavy atom. The van der Waals surface area contributed by atoms with Crippen LogP contribution in [0.4, 0.5) is 5.69 Å². The van der Waals surface area contributed by atoms with Gasteiger partial charge in [0.25, 0.3) is 0 Å². The van der Waals surface area contributed by atoms with Crippen LogP contribution in [0, 0.1) is 5.92 Å². The van der Waals surface area contributed by atoms with E-state index < -0.39 is 6.04 Å². The number of carbonyl (C=O) groups is 1. The third-order valence-corrected chi connectivity index (χ3v) is 3.14. The molecule has 20 heavy (non-hydrogen) atoms. The van der Waals surface area contributed by atoms with Crippen LogP contribution in [0.25, 0.3) is 11.4 Å². The fourth-order valence-corrected chi connectivity index (χ4v) is 1.78. The number of hydrogen-bond acceptors (Lipinski definition) is 4. The number of anilines is 1. The summed E-state index contributed by atoms with van der Waals surface area (Å²) in [6.07, 6.45) is 1.65. The van der Waals surface area contributed by atoms with Crippen LogP contribution in [0.3, 0.4) is 0 Å². The Morgan fingerprint density at radius 2 is 1.95 bits per heavy atom. The zero-order chi connectivity index (χ0) is 14.7. The lowest BCUT2D eigenvalue weighted by Gasteiger charge is -2.15. The molecular formula is C14H19N5O. The molecule has 0 spiro atoms. The first kappa shape index (κ1) is 14.2. The number of nitrogens with zero attached hydrogens (tertiary/aromatic N) is 3. The Balaban J connectivity index is 2.10. The number of hydrogen-bond donors (Lipinski definition) is 2. The summed E-state index contributed by atoms with van der Waals surface area (Å²) in [6.45, 7) is 3.84. The Morgan fingerprint density at radius 3 is 2.45 bits per heavy atom. The number of amides is 1. The number of nitrogens with two attached hydrogens (primary N) is 1. The molecule has 0 radical (unpaired) electrons.